The third kappa shape index (κ3) is 4.23. The van der Waals surface area contributed by atoms with E-state index in [0.717, 1.165) is 5.56 Å². The SMILES string of the molecule is O=C1NC(=S)N(C/C=C/c2ccccc2)C(=O)/C1=C\c1ccc(I)o1. The van der Waals surface area contributed by atoms with Crippen LogP contribution in [0.5, 0.6) is 0 Å². The lowest BCUT2D eigenvalue weighted by atomic mass is 10.1. The van der Waals surface area contributed by atoms with Crippen LogP contribution < -0.4 is 5.32 Å². The molecule has 1 saturated heterocycles. The summed E-state index contributed by atoms with van der Waals surface area (Å²) in [6.45, 7) is 0.264. The number of carbonyl (C=O) groups is 2. The molecule has 0 unspecified atom stereocenters. The minimum absolute atomic E-state index is 0.00698. The number of hydrogen-bond acceptors (Lipinski definition) is 4. The van der Waals surface area contributed by atoms with Gasteiger partial charge < -0.3 is 4.42 Å². The maximum Gasteiger partial charge on any atom is 0.266 e. The Balaban J connectivity index is 1.78. The summed E-state index contributed by atoms with van der Waals surface area (Å²) in [4.78, 5) is 26.1. The Kier molecular flexibility index (Phi) is 5.44. The topological polar surface area (TPSA) is 62.6 Å². The maximum atomic E-state index is 12.6. The zero-order chi connectivity index (χ0) is 17.8. The first-order valence-electron chi connectivity index (χ1n) is 7.40. The average molecular weight is 464 g/mol. The summed E-state index contributed by atoms with van der Waals surface area (Å²) in [5, 5.41) is 2.63. The number of rotatable bonds is 4. The summed E-state index contributed by atoms with van der Waals surface area (Å²) in [6.07, 6.45) is 5.14. The molecule has 0 saturated carbocycles. The van der Waals surface area contributed by atoms with E-state index in [1.807, 2.05) is 65.1 Å². The Morgan fingerprint density at radius 3 is 2.60 bits per heavy atom. The Morgan fingerprint density at radius 1 is 1.16 bits per heavy atom. The van der Waals surface area contributed by atoms with Crippen molar-refractivity contribution in [2.24, 2.45) is 0 Å². The molecule has 2 aromatic rings. The van der Waals surface area contributed by atoms with E-state index >= 15 is 0 Å². The summed E-state index contributed by atoms with van der Waals surface area (Å²) < 4.78 is 6.07. The van der Waals surface area contributed by atoms with Gasteiger partial charge in [-0.15, -0.1) is 0 Å². The molecular formula is C18H13IN2O3S. The Labute approximate surface area is 163 Å². The summed E-state index contributed by atoms with van der Waals surface area (Å²) in [7, 11) is 0. The number of furan rings is 1. The van der Waals surface area contributed by atoms with E-state index in [1.54, 1.807) is 12.1 Å². The predicted octanol–water partition coefficient (Wildman–Crippen LogP) is 3.22. The molecule has 2 amide bonds. The molecule has 1 fully saturated rings. The van der Waals surface area contributed by atoms with Crippen molar-refractivity contribution in [2.45, 2.75) is 0 Å². The Bertz CT molecular complexity index is 887. The second kappa shape index (κ2) is 7.75. The second-order valence-corrected chi connectivity index (χ2v) is 6.64. The van der Waals surface area contributed by atoms with Crippen LogP contribution >= 0.6 is 34.8 Å². The number of nitrogens with zero attached hydrogens (tertiary/aromatic N) is 1. The molecule has 3 rings (SSSR count). The third-order valence-corrected chi connectivity index (χ3v) is 4.37. The molecule has 0 spiro atoms. The van der Waals surface area contributed by atoms with Gasteiger partial charge in [0, 0.05) is 6.54 Å². The van der Waals surface area contributed by atoms with Crippen LogP contribution in [0.15, 0.2) is 58.5 Å². The first kappa shape index (κ1) is 17.6. The number of amides is 2. The van der Waals surface area contributed by atoms with Gasteiger partial charge in [-0.25, -0.2) is 0 Å². The maximum absolute atomic E-state index is 12.6. The van der Waals surface area contributed by atoms with Crippen LogP contribution in [0.25, 0.3) is 12.2 Å². The van der Waals surface area contributed by atoms with Gasteiger partial charge in [0.25, 0.3) is 11.8 Å². The van der Waals surface area contributed by atoms with Crippen molar-refractivity contribution in [1.29, 1.82) is 0 Å². The van der Waals surface area contributed by atoms with E-state index in [-0.39, 0.29) is 17.2 Å². The molecule has 2 heterocycles. The van der Waals surface area contributed by atoms with Gasteiger partial charge in [0.05, 0.1) is 0 Å². The molecule has 5 nitrogen and oxygen atoms in total. The van der Waals surface area contributed by atoms with E-state index in [9.17, 15) is 9.59 Å². The van der Waals surface area contributed by atoms with Gasteiger partial charge >= 0.3 is 0 Å². The Hall–Kier alpha value is -2.26. The highest BCUT2D eigenvalue weighted by Crippen LogP contribution is 2.17. The summed E-state index contributed by atoms with van der Waals surface area (Å²) in [5.41, 5.74) is 1.01. The highest BCUT2D eigenvalue weighted by molar-refractivity contribution is 14.1. The number of nitrogens with one attached hydrogen (secondary N) is 1. The van der Waals surface area contributed by atoms with Crippen LogP contribution in [0.1, 0.15) is 11.3 Å². The van der Waals surface area contributed by atoms with E-state index in [4.69, 9.17) is 16.6 Å². The highest BCUT2D eigenvalue weighted by atomic mass is 127. The first-order chi connectivity index (χ1) is 12.0. The predicted molar refractivity (Wildman–Crippen MR) is 107 cm³/mol. The molecule has 1 aromatic heterocycles. The zero-order valence-corrected chi connectivity index (χ0v) is 15.9. The summed E-state index contributed by atoms with van der Waals surface area (Å²) in [6, 6.07) is 13.2. The summed E-state index contributed by atoms with van der Waals surface area (Å²) in [5.74, 6) is -0.530. The minimum atomic E-state index is -0.523. The molecule has 0 radical (unpaired) electrons. The molecule has 1 aliphatic heterocycles. The van der Waals surface area contributed by atoms with Gasteiger partial charge in [-0.3, -0.25) is 19.8 Å². The van der Waals surface area contributed by atoms with E-state index in [0.29, 0.717) is 9.53 Å². The van der Waals surface area contributed by atoms with Gasteiger partial charge in [-0.2, -0.15) is 0 Å². The monoisotopic (exact) mass is 464 g/mol. The van der Waals surface area contributed by atoms with Gasteiger partial charge in [-0.1, -0.05) is 42.5 Å². The van der Waals surface area contributed by atoms with Crippen LogP contribution in [0.4, 0.5) is 0 Å². The van der Waals surface area contributed by atoms with Crippen molar-refractivity contribution in [3.63, 3.8) is 0 Å². The highest BCUT2D eigenvalue weighted by Gasteiger charge is 2.32. The minimum Gasteiger partial charge on any atom is -0.451 e. The van der Waals surface area contributed by atoms with E-state index < -0.39 is 11.8 Å². The average Bonchev–Trinajstić information content (AvgIpc) is 3.00. The zero-order valence-electron chi connectivity index (χ0n) is 12.9. The van der Waals surface area contributed by atoms with E-state index in [1.165, 1.54) is 11.0 Å². The molecule has 1 aliphatic rings. The van der Waals surface area contributed by atoms with Crippen molar-refractivity contribution in [1.82, 2.24) is 10.2 Å². The molecule has 1 aromatic carbocycles. The standard InChI is InChI=1S/C18H13IN2O3S/c19-15-9-8-13(24-15)11-14-16(22)20-18(25)21(17(14)23)10-4-7-12-5-2-1-3-6-12/h1-9,11H,10H2,(H,20,22,25)/b7-4+,14-11-. The van der Waals surface area contributed by atoms with Crippen LogP contribution in [0.2, 0.25) is 0 Å². The van der Waals surface area contributed by atoms with E-state index in [2.05, 4.69) is 5.32 Å². The van der Waals surface area contributed by atoms with Crippen molar-refractivity contribution >= 4 is 63.9 Å². The second-order valence-electron chi connectivity index (χ2n) is 5.19. The smallest absolute Gasteiger partial charge is 0.266 e. The van der Waals surface area contributed by atoms with Gasteiger partial charge in [0.1, 0.15) is 11.3 Å². The number of halogens is 1. The Morgan fingerprint density at radius 2 is 1.92 bits per heavy atom. The largest absolute Gasteiger partial charge is 0.451 e. The fraction of sp³-hybridized carbons (Fsp3) is 0.0556. The number of thiocarbonyl (C=S) groups is 1. The lowest BCUT2D eigenvalue weighted by molar-refractivity contribution is -0.128. The van der Waals surface area contributed by atoms with Crippen molar-refractivity contribution in [3.05, 3.63) is 69.2 Å². The normalized spacial score (nSPS) is 16.8. The molecule has 1 N–H and O–H groups in total. The van der Waals surface area contributed by atoms with Crippen LogP contribution in [0.3, 0.4) is 0 Å². The fourth-order valence-corrected chi connectivity index (χ4v) is 2.95. The molecule has 0 aliphatic carbocycles. The van der Waals surface area contributed by atoms with Gasteiger partial charge in [0.2, 0.25) is 0 Å². The summed E-state index contributed by atoms with van der Waals surface area (Å²) >= 11 is 7.14. The number of carbonyl (C=O) groups excluding carboxylic acids is 2. The third-order valence-electron chi connectivity index (χ3n) is 3.46. The fourth-order valence-electron chi connectivity index (χ4n) is 2.27. The van der Waals surface area contributed by atoms with Crippen LogP contribution in [-0.4, -0.2) is 28.4 Å². The molecule has 25 heavy (non-hydrogen) atoms. The van der Waals surface area contributed by atoms with Crippen molar-refractivity contribution in [3.8, 4) is 0 Å². The number of hydrogen-bond donors (Lipinski definition) is 1. The van der Waals surface area contributed by atoms with Crippen LogP contribution in [0, 0.1) is 3.77 Å². The first-order valence-corrected chi connectivity index (χ1v) is 8.89. The quantitative estimate of drug-likeness (QED) is 0.327. The number of benzene rings is 1. The lowest BCUT2D eigenvalue weighted by Gasteiger charge is -2.27. The molecule has 126 valence electrons. The van der Waals surface area contributed by atoms with Gasteiger partial charge in [-0.05, 0) is 58.6 Å². The van der Waals surface area contributed by atoms with Crippen LogP contribution in [-0.2, 0) is 9.59 Å². The molecular weight excluding hydrogens is 451 g/mol. The van der Waals surface area contributed by atoms with Gasteiger partial charge in [0.15, 0.2) is 8.88 Å². The lowest BCUT2D eigenvalue weighted by Crippen LogP contribution is -2.53. The van der Waals surface area contributed by atoms with Crippen molar-refractivity contribution in [2.75, 3.05) is 6.54 Å². The molecule has 7 heteroatoms. The molecule has 0 bridgehead atoms. The van der Waals surface area contributed by atoms with Crippen molar-refractivity contribution < 1.29 is 14.0 Å². The molecule has 0 atom stereocenters.